The van der Waals surface area contributed by atoms with Crippen LogP contribution >= 0.6 is 11.6 Å². The number of aryl methyl sites for hydroxylation is 1. The van der Waals surface area contributed by atoms with Crippen molar-refractivity contribution in [3.63, 3.8) is 0 Å². The molecular formula is C24H17ClN2. The van der Waals surface area contributed by atoms with Crippen molar-refractivity contribution >= 4 is 11.6 Å². The summed E-state index contributed by atoms with van der Waals surface area (Å²) in [5.41, 5.74) is 7.95. The average molecular weight is 369 g/mol. The van der Waals surface area contributed by atoms with Gasteiger partial charge in [0.2, 0.25) is 0 Å². The van der Waals surface area contributed by atoms with Gasteiger partial charge >= 0.3 is 0 Å². The molecule has 27 heavy (non-hydrogen) atoms. The summed E-state index contributed by atoms with van der Waals surface area (Å²) in [6.07, 6.45) is 1.96. The highest BCUT2D eigenvalue weighted by Gasteiger charge is 2.23. The quantitative estimate of drug-likeness (QED) is 0.419. The molecule has 5 rings (SSSR count). The summed E-state index contributed by atoms with van der Waals surface area (Å²) in [5, 5.41) is 0.732. The van der Waals surface area contributed by atoms with Crippen LogP contribution in [0.3, 0.4) is 0 Å². The summed E-state index contributed by atoms with van der Waals surface area (Å²) in [6, 6.07) is 26.6. The number of hydrogen-bond acceptors (Lipinski definition) is 2. The third-order valence-electron chi connectivity index (χ3n) is 5.07. The van der Waals surface area contributed by atoms with Crippen LogP contribution in [0.5, 0.6) is 0 Å². The Balaban J connectivity index is 1.79. The summed E-state index contributed by atoms with van der Waals surface area (Å²) in [7, 11) is 0. The molecule has 0 radical (unpaired) electrons. The zero-order valence-corrected chi connectivity index (χ0v) is 15.4. The molecule has 1 aliphatic rings. The van der Waals surface area contributed by atoms with E-state index in [4.69, 9.17) is 21.6 Å². The molecule has 0 saturated carbocycles. The first kappa shape index (κ1) is 16.2. The number of benzene rings is 3. The van der Waals surface area contributed by atoms with E-state index < -0.39 is 0 Å². The van der Waals surface area contributed by atoms with Crippen molar-refractivity contribution < 1.29 is 0 Å². The van der Waals surface area contributed by atoms with Gasteiger partial charge in [0.1, 0.15) is 0 Å². The first-order valence-corrected chi connectivity index (χ1v) is 9.48. The second kappa shape index (κ2) is 6.64. The van der Waals surface area contributed by atoms with Gasteiger partial charge in [0.15, 0.2) is 5.82 Å². The molecule has 4 aromatic rings. The van der Waals surface area contributed by atoms with Crippen LogP contribution in [-0.2, 0) is 12.8 Å². The van der Waals surface area contributed by atoms with Crippen LogP contribution < -0.4 is 0 Å². The van der Waals surface area contributed by atoms with Crippen molar-refractivity contribution in [1.82, 2.24) is 9.97 Å². The van der Waals surface area contributed by atoms with Crippen LogP contribution in [0.25, 0.3) is 33.9 Å². The van der Waals surface area contributed by atoms with Gasteiger partial charge in [-0.3, -0.25) is 0 Å². The Morgan fingerprint density at radius 1 is 0.630 bits per heavy atom. The molecule has 0 spiro atoms. The highest BCUT2D eigenvalue weighted by molar-refractivity contribution is 6.30. The standard InChI is InChI=1S/C24H17ClN2/c25-19-13-10-17(11-14-19)22-21-15-12-16-6-4-5-9-20(16)23(21)27-24(26-22)18-7-2-1-3-8-18/h1-11,13-14H,12,15H2. The Morgan fingerprint density at radius 3 is 2.15 bits per heavy atom. The molecule has 130 valence electrons. The number of fused-ring (bicyclic) bond motifs is 3. The maximum absolute atomic E-state index is 6.10. The number of halogens is 1. The molecule has 0 bridgehead atoms. The van der Waals surface area contributed by atoms with Crippen LogP contribution in [0.15, 0.2) is 78.9 Å². The summed E-state index contributed by atoms with van der Waals surface area (Å²) in [6.45, 7) is 0. The van der Waals surface area contributed by atoms with Crippen molar-refractivity contribution in [2.45, 2.75) is 12.8 Å². The summed E-state index contributed by atoms with van der Waals surface area (Å²) in [5.74, 6) is 0.760. The number of nitrogens with zero attached hydrogens (tertiary/aromatic N) is 2. The summed E-state index contributed by atoms with van der Waals surface area (Å²) in [4.78, 5) is 9.97. The van der Waals surface area contributed by atoms with E-state index in [9.17, 15) is 0 Å². The highest BCUT2D eigenvalue weighted by atomic mass is 35.5. The summed E-state index contributed by atoms with van der Waals surface area (Å²) >= 11 is 6.10. The van der Waals surface area contributed by atoms with Crippen LogP contribution in [0.4, 0.5) is 0 Å². The van der Waals surface area contributed by atoms with Gasteiger partial charge in [-0.1, -0.05) is 78.3 Å². The van der Waals surface area contributed by atoms with E-state index in [1.165, 1.54) is 16.7 Å². The van der Waals surface area contributed by atoms with Gasteiger partial charge in [0, 0.05) is 27.3 Å². The Bertz CT molecular complexity index is 1120. The fourth-order valence-electron chi connectivity index (χ4n) is 3.74. The minimum atomic E-state index is 0.732. The van der Waals surface area contributed by atoms with Crippen molar-refractivity contribution in [3.05, 3.63) is 95.0 Å². The Hall–Kier alpha value is -2.97. The molecule has 0 aliphatic heterocycles. The van der Waals surface area contributed by atoms with Gasteiger partial charge in [-0.05, 0) is 30.5 Å². The van der Waals surface area contributed by atoms with Crippen molar-refractivity contribution in [2.24, 2.45) is 0 Å². The second-order valence-corrected chi connectivity index (χ2v) is 7.19. The second-order valence-electron chi connectivity index (χ2n) is 6.75. The normalized spacial score (nSPS) is 12.3. The lowest BCUT2D eigenvalue weighted by molar-refractivity contribution is 0.916. The van der Waals surface area contributed by atoms with Crippen molar-refractivity contribution in [2.75, 3.05) is 0 Å². The van der Waals surface area contributed by atoms with E-state index in [1.54, 1.807) is 0 Å². The summed E-state index contributed by atoms with van der Waals surface area (Å²) < 4.78 is 0. The van der Waals surface area contributed by atoms with E-state index in [-0.39, 0.29) is 0 Å². The molecule has 0 fully saturated rings. The van der Waals surface area contributed by atoms with Gasteiger partial charge in [-0.2, -0.15) is 0 Å². The first-order valence-electron chi connectivity index (χ1n) is 9.10. The van der Waals surface area contributed by atoms with Crippen molar-refractivity contribution in [3.8, 4) is 33.9 Å². The molecule has 0 N–H and O–H groups in total. The molecule has 1 aliphatic carbocycles. The number of rotatable bonds is 2. The zero-order chi connectivity index (χ0) is 18.2. The van der Waals surface area contributed by atoms with Gasteiger partial charge in [-0.25, -0.2) is 9.97 Å². The minimum absolute atomic E-state index is 0.732. The monoisotopic (exact) mass is 368 g/mol. The smallest absolute Gasteiger partial charge is 0.160 e. The Kier molecular flexibility index (Phi) is 3.99. The topological polar surface area (TPSA) is 25.8 Å². The Morgan fingerprint density at radius 2 is 1.33 bits per heavy atom. The lowest BCUT2D eigenvalue weighted by Gasteiger charge is -2.22. The first-order chi connectivity index (χ1) is 13.3. The Labute approximate surface area is 163 Å². The maximum Gasteiger partial charge on any atom is 0.160 e. The number of aromatic nitrogens is 2. The lowest BCUT2D eigenvalue weighted by atomic mass is 9.87. The lowest BCUT2D eigenvalue weighted by Crippen LogP contribution is -2.10. The van der Waals surface area contributed by atoms with Gasteiger partial charge in [-0.15, -0.1) is 0 Å². The molecule has 0 atom stereocenters. The fourth-order valence-corrected chi connectivity index (χ4v) is 3.86. The highest BCUT2D eigenvalue weighted by Crippen LogP contribution is 2.38. The molecule has 0 unspecified atom stereocenters. The molecular weight excluding hydrogens is 352 g/mol. The van der Waals surface area contributed by atoms with Gasteiger partial charge in [0.25, 0.3) is 0 Å². The molecule has 3 aromatic carbocycles. The molecule has 0 saturated heterocycles. The predicted octanol–water partition coefficient (Wildman–Crippen LogP) is 6.23. The van der Waals surface area contributed by atoms with Crippen LogP contribution in [0.2, 0.25) is 5.02 Å². The van der Waals surface area contributed by atoms with E-state index >= 15 is 0 Å². The largest absolute Gasteiger partial charge is 0.228 e. The SMILES string of the molecule is Clc1ccc(-c2nc(-c3ccccc3)nc3c2CCc2ccccc2-3)cc1. The molecule has 2 nitrogen and oxygen atoms in total. The molecule has 1 aromatic heterocycles. The number of hydrogen-bond donors (Lipinski definition) is 0. The third-order valence-corrected chi connectivity index (χ3v) is 5.33. The van der Waals surface area contributed by atoms with Crippen molar-refractivity contribution in [1.29, 1.82) is 0 Å². The fraction of sp³-hybridized carbons (Fsp3) is 0.0833. The van der Waals surface area contributed by atoms with Gasteiger partial charge in [0.05, 0.1) is 11.4 Å². The molecule has 0 amide bonds. The van der Waals surface area contributed by atoms with E-state index in [1.807, 2.05) is 42.5 Å². The average Bonchev–Trinajstić information content (AvgIpc) is 2.74. The van der Waals surface area contributed by atoms with E-state index in [0.29, 0.717) is 0 Å². The minimum Gasteiger partial charge on any atom is -0.228 e. The predicted molar refractivity (Wildman–Crippen MR) is 111 cm³/mol. The van der Waals surface area contributed by atoms with Gasteiger partial charge < -0.3 is 0 Å². The van der Waals surface area contributed by atoms with E-state index in [0.717, 1.165) is 46.2 Å². The third kappa shape index (κ3) is 2.92. The molecule has 3 heteroatoms. The van der Waals surface area contributed by atoms with Crippen LogP contribution in [0.1, 0.15) is 11.1 Å². The zero-order valence-electron chi connectivity index (χ0n) is 14.7. The van der Waals surface area contributed by atoms with Crippen LogP contribution in [0, 0.1) is 0 Å². The van der Waals surface area contributed by atoms with Crippen LogP contribution in [-0.4, -0.2) is 9.97 Å². The maximum atomic E-state index is 6.10. The van der Waals surface area contributed by atoms with E-state index in [2.05, 4.69) is 36.4 Å². The molecule has 1 heterocycles.